The van der Waals surface area contributed by atoms with Crippen LogP contribution in [0.5, 0.6) is 11.5 Å². The minimum Gasteiger partial charge on any atom is -0.497 e. The van der Waals surface area contributed by atoms with Crippen LogP contribution < -0.4 is 20.8 Å². The molecule has 1 amide bonds. The second kappa shape index (κ2) is 5.43. The second-order valence-corrected chi connectivity index (χ2v) is 3.91. The predicted molar refractivity (Wildman–Crippen MR) is 71.9 cm³/mol. The highest BCUT2D eigenvalue weighted by Gasteiger charge is 2.13. The summed E-state index contributed by atoms with van der Waals surface area (Å²) in [5.41, 5.74) is 4.84. The van der Waals surface area contributed by atoms with Crippen molar-refractivity contribution in [3.05, 3.63) is 40.3 Å². The standard InChI is InChI=1S/C13H13N3O4/c1-19-7-3-4-8(10(5-7)20-2)12-15-6-9(11(14)17)13(18)16-12/h3-6H,1-2H3,(H2,14,17)(H,15,16,18). The summed E-state index contributed by atoms with van der Waals surface area (Å²) in [7, 11) is 3.03. The molecule has 7 heteroatoms. The molecule has 0 fully saturated rings. The monoisotopic (exact) mass is 275 g/mol. The third kappa shape index (κ3) is 2.46. The van der Waals surface area contributed by atoms with Crippen molar-refractivity contribution in [2.24, 2.45) is 5.73 Å². The van der Waals surface area contributed by atoms with Crippen LogP contribution in [0.2, 0.25) is 0 Å². The average Bonchev–Trinajstić information content (AvgIpc) is 2.46. The zero-order valence-electron chi connectivity index (χ0n) is 11.0. The van der Waals surface area contributed by atoms with Gasteiger partial charge in [0.25, 0.3) is 11.5 Å². The molecule has 20 heavy (non-hydrogen) atoms. The van der Waals surface area contributed by atoms with Gasteiger partial charge in [0.15, 0.2) is 0 Å². The van der Waals surface area contributed by atoms with Crippen molar-refractivity contribution in [1.29, 1.82) is 0 Å². The van der Waals surface area contributed by atoms with Crippen LogP contribution in [0.15, 0.2) is 29.2 Å². The third-order valence-electron chi connectivity index (χ3n) is 2.73. The summed E-state index contributed by atoms with van der Waals surface area (Å²) in [6.45, 7) is 0. The van der Waals surface area contributed by atoms with Gasteiger partial charge in [-0.1, -0.05) is 0 Å². The maximum atomic E-state index is 11.7. The molecule has 0 unspecified atom stereocenters. The Labute approximate surface area is 114 Å². The second-order valence-electron chi connectivity index (χ2n) is 3.91. The van der Waals surface area contributed by atoms with Crippen molar-refractivity contribution in [2.45, 2.75) is 0 Å². The highest BCUT2D eigenvalue weighted by atomic mass is 16.5. The van der Waals surface area contributed by atoms with Crippen molar-refractivity contribution in [3.8, 4) is 22.9 Å². The van der Waals surface area contributed by atoms with Crippen LogP contribution in [0.4, 0.5) is 0 Å². The topological polar surface area (TPSA) is 107 Å². The van der Waals surface area contributed by atoms with Gasteiger partial charge >= 0.3 is 0 Å². The van der Waals surface area contributed by atoms with E-state index < -0.39 is 11.5 Å². The van der Waals surface area contributed by atoms with E-state index in [1.54, 1.807) is 18.2 Å². The van der Waals surface area contributed by atoms with E-state index in [1.807, 2.05) is 0 Å². The molecule has 2 aromatic rings. The Morgan fingerprint density at radius 2 is 2.05 bits per heavy atom. The first-order chi connectivity index (χ1) is 9.56. The average molecular weight is 275 g/mol. The number of nitrogens with two attached hydrogens (primary N) is 1. The zero-order chi connectivity index (χ0) is 14.7. The molecule has 0 bridgehead atoms. The number of nitrogens with one attached hydrogen (secondary N) is 1. The van der Waals surface area contributed by atoms with E-state index >= 15 is 0 Å². The maximum Gasteiger partial charge on any atom is 0.264 e. The largest absolute Gasteiger partial charge is 0.497 e. The third-order valence-corrected chi connectivity index (χ3v) is 2.73. The number of rotatable bonds is 4. The smallest absolute Gasteiger partial charge is 0.264 e. The van der Waals surface area contributed by atoms with E-state index in [9.17, 15) is 9.59 Å². The number of aromatic nitrogens is 2. The van der Waals surface area contributed by atoms with E-state index in [0.717, 1.165) is 6.20 Å². The van der Waals surface area contributed by atoms with E-state index in [-0.39, 0.29) is 11.4 Å². The number of amides is 1. The summed E-state index contributed by atoms with van der Waals surface area (Å²) in [5, 5.41) is 0. The molecule has 0 radical (unpaired) electrons. The molecule has 104 valence electrons. The Morgan fingerprint density at radius 3 is 2.60 bits per heavy atom. The highest BCUT2D eigenvalue weighted by Crippen LogP contribution is 2.30. The van der Waals surface area contributed by atoms with E-state index in [0.29, 0.717) is 17.1 Å². The number of hydrogen-bond acceptors (Lipinski definition) is 5. The lowest BCUT2D eigenvalue weighted by molar-refractivity contribution is 0.0998. The van der Waals surface area contributed by atoms with Crippen LogP contribution in [0.3, 0.4) is 0 Å². The molecule has 0 saturated heterocycles. The lowest BCUT2D eigenvalue weighted by atomic mass is 10.1. The van der Waals surface area contributed by atoms with Gasteiger partial charge in [0.2, 0.25) is 0 Å². The van der Waals surface area contributed by atoms with Crippen molar-refractivity contribution < 1.29 is 14.3 Å². The fourth-order valence-corrected chi connectivity index (χ4v) is 1.70. The molecule has 0 aliphatic heterocycles. The Bertz CT molecular complexity index is 709. The summed E-state index contributed by atoms with van der Waals surface area (Å²) >= 11 is 0. The quantitative estimate of drug-likeness (QED) is 0.847. The summed E-state index contributed by atoms with van der Waals surface area (Å²) < 4.78 is 10.3. The summed E-state index contributed by atoms with van der Waals surface area (Å²) in [5.74, 6) is 0.549. The molecule has 0 spiro atoms. The Hall–Kier alpha value is -2.83. The minimum absolute atomic E-state index is 0.193. The Kier molecular flexibility index (Phi) is 3.69. The molecule has 1 aromatic heterocycles. The predicted octanol–water partition coefficient (Wildman–Crippen LogP) is 0.553. The van der Waals surface area contributed by atoms with Gasteiger partial charge in [-0.15, -0.1) is 0 Å². The SMILES string of the molecule is COc1ccc(-c2ncc(C(N)=O)c(=O)[nH]2)c(OC)c1. The fraction of sp³-hybridized carbons (Fsp3) is 0.154. The van der Waals surface area contributed by atoms with Crippen LogP contribution >= 0.6 is 0 Å². The normalized spacial score (nSPS) is 10.1. The molecular weight excluding hydrogens is 262 g/mol. The first-order valence-corrected chi connectivity index (χ1v) is 5.68. The first-order valence-electron chi connectivity index (χ1n) is 5.68. The van der Waals surface area contributed by atoms with Crippen molar-refractivity contribution in [1.82, 2.24) is 9.97 Å². The van der Waals surface area contributed by atoms with Gasteiger partial charge < -0.3 is 20.2 Å². The summed E-state index contributed by atoms with van der Waals surface area (Å²) in [6.07, 6.45) is 1.14. The maximum absolute atomic E-state index is 11.7. The van der Waals surface area contributed by atoms with Gasteiger partial charge in [-0.25, -0.2) is 4.98 Å². The van der Waals surface area contributed by atoms with Gasteiger partial charge in [0.1, 0.15) is 22.9 Å². The number of primary amides is 1. The van der Waals surface area contributed by atoms with Gasteiger partial charge in [-0.2, -0.15) is 0 Å². The molecule has 1 aromatic carbocycles. The molecule has 0 aliphatic carbocycles. The summed E-state index contributed by atoms with van der Waals surface area (Å²) in [6, 6.07) is 5.07. The van der Waals surface area contributed by atoms with Gasteiger partial charge in [-0.3, -0.25) is 9.59 Å². The number of aromatic amines is 1. The molecule has 7 nitrogen and oxygen atoms in total. The molecule has 3 N–H and O–H groups in total. The van der Waals surface area contributed by atoms with E-state index in [2.05, 4.69) is 9.97 Å². The number of methoxy groups -OCH3 is 2. The first kappa shape index (κ1) is 13.6. The van der Waals surface area contributed by atoms with Crippen LogP contribution in [0.1, 0.15) is 10.4 Å². The van der Waals surface area contributed by atoms with E-state index in [1.165, 1.54) is 14.2 Å². The van der Waals surface area contributed by atoms with Crippen LogP contribution in [0.25, 0.3) is 11.4 Å². The zero-order valence-corrected chi connectivity index (χ0v) is 11.0. The van der Waals surface area contributed by atoms with Crippen molar-refractivity contribution in [3.63, 3.8) is 0 Å². The van der Waals surface area contributed by atoms with Crippen LogP contribution in [0, 0.1) is 0 Å². The van der Waals surface area contributed by atoms with Gasteiger partial charge in [0, 0.05) is 12.3 Å². The highest BCUT2D eigenvalue weighted by molar-refractivity contribution is 5.92. The lowest BCUT2D eigenvalue weighted by Gasteiger charge is -2.09. The fourth-order valence-electron chi connectivity index (χ4n) is 1.70. The lowest BCUT2D eigenvalue weighted by Crippen LogP contribution is -2.24. The van der Waals surface area contributed by atoms with Gasteiger partial charge in [0.05, 0.1) is 19.8 Å². The number of carbonyl (C=O) groups excluding carboxylic acids is 1. The molecule has 1 heterocycles. The Balaban J connectivity index is 2.54. The van der Waals surface area contributed by atoms with Crippen LogP contribution in [-0.2, 0) is 0 Å². The molecular formula is C13H13N3O4. The summed E-state index contributed by atoms with van der Waals surface area (Å²) in [4.78, 5) is 29.2. The van der Waals surface area contributed by atoms with Crippen molar-refractivity contribution >= 4 is 5.91 Å². The molecule has 0 saturated carbocycles. The number of nitrogens with zero attached hydrogens (tertiary/aromatic N) is 1. The number of H-pyrrole nitrogens is 1. The number of ether oxygens (including phenoxy) is 2. The number of carbonyl (C=O) groups is 1. The number of hydrogen-bond donors (Lipinski definition) is 2. The molecule has 0 aliphatic rings. The van der Waals surface area contributed by atoms with E-state index in [4.69, 9.17) is 15.2 Å². The van der Waals surface area contributed by atoms with Crippen LogP contribution in [-0.4, -0.2) is 30.1 Å². The van der Waals surface area contributed by atoms with Crippen molar-refractivity contribution in [2.75, 3.05) is 14.2 Å². The van der Waals surface area contributed by atoms with Gasteiger partial charge in [-0.05, 0) is 12.1 Å². The molecule has 0 atom stereocenters. The molecule has 2 rings (SSSR count). The minimum atomic E-state index is -0.827. The number of benzene rings is 1. The Morgan fingerprint density at radius 1 is 1.30 bits per heavy atom.